The van der Waals surface area contributed by atoms with Crippen LogP contribution in [-0.4, -0.2) is 41.3 Å². The summed E-state index contributed by atoms with van der Waals surface area (Å²) < 4.78 is 9.84. The van der Waals surface area contributed by atoms with Gasteiger partial charge in [-0.1, -0.05) is 13.0 Å². The maximum atomic E-state index is 12.0. The van der Waals surface area contributed by atoms with Gasteiger partial charge in [-0.3, -0.25) is 9.59 Å². The molecule has 1 aromatic carbocycles. The van der Waals surface area contributed by atoms with Crippen LogP contribution in [0.5, 0.6) is 0 Å². The van der Waals surface area contributed by atoms with Gasteiger partial charge in [0.2, 0.25) is 0 Å². The minimum absolute atomic E-state index is 0.166. The van der Waals surface area contributed by atoms with Crippen LogP contribution < -0.4 is 0 Å². The second-order valence-corrected chi connectivity index (χ2v) is 5.16. The zero-order valence-electron chi connectivity index (χ0n) is 14.6. The molecule has 132 valence electrons. The van der Waals surface area contributed by atoms with E-state index in [-0.39, 0.29) is 13.2 Å². The van der Waals surface area contributed by atoms with E-state index in [0.717, 1.165) is 22.9 Å². The number of benzene rings is 1. The van der Waals surface area contributed by atoms with Crippen molar-refractivity contribution in [2.75, 3.05) is 13.2 Å². The van der Waals surface area contributed by atoms with Crippen LogP contribution in [0.3, 0.4) is 0 Å². The zero-order chi connectivity index (χ0) is 18.2. The third-order valence-corrected chi connectivity index (χ3v) is 3.51. The number of rotatable bonds is 7. The molecule has 1 heterocycles. The highest BCUT2D eigenvalue weighted by atomic mass is 16.6. The Balaban J connectivity index is 2.38. The van der Waals surface area contributed by atoms with Crippen LogP contribution >= 0.6 is 0 Å². The maximum absolute atomic E-state index is 12.0. The Morgan fingerprint density at radius 3 is 2.40 bits per heavy atom. The molecule has 0 saturated heterocycles. The van der Waals surface area contributed by atoms with Crippen molar-refractivity contribution in [1.29, 1.82) is 0 Å². The fourth-order valence-electron chi connectivity index (χ4n) is 2.24. The highest BCUT2D eigenvalue weighted by Crippen LogP contribution is 2.23. The molecule has 0 aliphatic carbocycles. The van der Waals surface area contributed by atoms with Crippen LogP contribution in [0, 0.1) is 5.92 Å². The first kappa shape index (κ1) is 18.5. The molecule has 0 spiro atoms. The van der Waals surface area contributed by atoms with E-state index < -0.39 is 17.9 Å². The number of aliphatic imine (C=N–C) groups is 1. The quantitative estimate of drug-likeness (QED) is 0.436. The highest BCUT2D eigenvalue weighted by molar-refractivity contribution is 6.09. The molecule has 7 heteroatoms. The summed E-state index contributed by atoms with van der Waals surface area (Å²) in [6.07, 6.45) is 3.48. The smallest absolute Gasteiger partial charge is 0.325 e. The van der Waals surface area contributed by atoms with E-state index in [0.29, 0.717) is 5.82 Å². The molecule has 0 amide bonds. The Labute approximate surface area is 146 Å². The summed E-state index contributed by atoms with van der Waals surface area (Å²) in [5.74, 6) is -2.23. The average Bonchev–Trinajstić information content (AvgIpc) is 2.62. The van der Waals surface area contributed by atoms with E-state index in [1.165, 1.54) is 12.5 Å². The Hall–Kier alpha value is -2.83. The number of carbonyl (C=O) groups is 2. The summed E-state index contributed by atoms with van der Waals surface area (Å²) >= 11 is 0. The first-order chi connectivity index (χ1) is 12.1. The van der Waals surface area contributed by atoms with E-state index in [9.17, 15) is 9.59 Å². The van der Waals surface area contributed by atoms with E-state index >= 15 is 0 Å². The maximum Gasteiger partial charge on any atom is 0.325 e. The van der Waals surface area contributed by atoms with E-state index in [1.807, 2.05) is 25.1 Å². The summed E-state index contributed by atoms with van der Waals surface area (Å²) in [5.41, 5.74) is 1.86. The lowest BCUT2D eigenvalue weighted by molar-refractivity contribution is -0.157. The molecular formula is C18H21N3O4. The predicted molar refractivity (Wildman–Crippen MR) is 93.8 cm³/mol. The van der Waals surface area contributed by atoms with Gasteiger partial charge in [0.05, 0.1) is 18.7 Å². The van der Waals surface area contributed by atoms with Crippen molar-refractivity contribution >= 4 is 34.9 Å². The first-order valence-electron chi connectivity index (χ1n) is 8.21. The Morgan fingerprint density at radius 1 is 1.12 bits per heavy atom. The number of fused-ring (bicyclic) bond motifs is 1. The predicted octanol–water partition coefficient (Wildman–Crippen LogP) is 2.64. The van der Waals surface area contributed by atoms with Gasteiger partial charge >= 0.3 is 11.9 Å². The van der Waals surface area contributed by atoms with Crippen LogP contribution in [0.4, 0.5) is 5.82 Å². The van der Waals surface area contributed by atoms with E-state index in [2.05, 4.69) is 15.0 Å². The number of carbonyl (C=O) groups excluding carboxylic acids is 2. The summed E-state index contributed by atoms with van der Waals surface area (Å²) in [4.78, 5) is 36.6. The van der Waals surface area contributed by atoms with Crippen molar-refractivity contribution in [3.8, 4) is 0 Å². The third kappa shape index (κ3) is 4.59. The molecule has 2 aromatic rings. The molecule has 0 N–H and O–H groups in total. The molecule has 7 nitrogen and oxygen atoms in total. The van der Waals surface area contributed by atoms with Crippen LogP contribution in [0.2, 0.25) is 0 Å². The Kier molecular flexibility index (Phi) is 6.56. The number of ether oxygens (including phenoxy) is 2. The fourth-order valence-corrected chi connectivity index (χ4v) is 2.24. The van der Waals surface area contributed by atoms with E-state index in [1.54, 1.807) is 13.8 Å². The van der Waals surface area contributed by atoms with Crippen molar-refractivity contribution in [2.45, 2.75) is 27.2 Å². The topological polar surface area (TPSA) is 90.7 Å². The molecular weight excluding hydrogens is 322 g/mol. The van der Waals surface area contributed by atoms with Gasteiger partial charge in [0.1, 0.15) is 6.33 Å². The average molecular weight is 343 g/mol. The molecule has 0 atom stereocenters. The van der Waals surface area contributed by atoms with Gasteiger partial charge in [-0.05, 0) is 38.0 Å². The Bertz CT molecular complexity index is 771. The molecule has 0 radical (unpaired) electrons. The molecule has 25 heavy (non-hydrogen) atoms. The molecule has 0 unspecified atom stereocenters. The molecule has 0 fully saturated rings. The normalized spacial score (nSPS) is 11.2. The van der Waals surface area contributed by atoms with Gasteiger partial charge in [-0.25, -0.2) is 15.0 Å². The number of aryl methyl sites for hydroxylation is 1. The zero-order valence-corrected chi connectivity index (χ0v) is 14.6. The largest absolute Gasteiger partial charge is 0.465 e. The standard InChI is InChI=1S/C18H21N3O4/c1-4-12-7-8-15-13(9-12)16(21-11-20-15)19-10-14(17(22)24-5-2)18(23)25-6-3/h7-11,14H,4-6H2,1-3H3. The summed E-state index contributed by atoms with van der Waals surface area (Å²) in [6.45, 7) is 5.71. The molecule has 0 bridgehead atoms. The lowest BCUT2D eigenvalue weighted by atomic mass is 10.1. The summed E-state index contributed by atoms with van der Waals surface area (Å²) in [5, 5.41) is 0.754. The lowest BCUT2D eigenvalue weighted by Gasteiger charge is -2.10. The number of hydrogen-bond acceptors (Lipinski definition) is 7. The second-order valence-electron chi connectivity index (χ2n) is 5.16. The van der Waals surface area contributed by atoms with E-state index in [4.69, 9.17) is 9.47 Å². The third-order valence-electron chi connectivity index (χ3n) is 3.51. The second kappa shape index (κ2) is 8.86. The number of aromatic nitrogens is 2. The minimum Gasteiger partial charge on any atom is -0.465 e. The molecule has 0 saturated carbocycles. The summed E-state index contributed by atoms with van der Waals surface area (Å²) in [6, 6.07) is 5.83. The van der Waals surface area contributed by atoms with Gasteiger partial charge < -0.3 is 9.47 Å². The number of hydrogen-bond donors (Lipinski definition) is 0. The van der Waals surface area contributed by atoms with Gasteiger partial charge in [0.25, 0.3) is 0 Å². The van der Waals surface area contributed by atoms with Crippen molar-refractivity contribution in [2.24, 2.45) is 10.9 Å². The number of esters is 2. The van der Waals surface area contributed by atoms with Gasteiger partial charge in [-0.2, -0.15) is 0 Å². The molecule has 2 rings (SSSR count). The van der Waals surface area contributed by atoms with Crippen LogP contribution in [-0.2, 0) is 25.5 Å². The minimum atomic E-state index is -1.22. The van der Waals surface area contributed by atoms with Crippen LogP contribution in [0.25, 0.3) is 10.9 Å². The van der Waals surface area contributed by atoms with Gasteiger partial charge in [0, 0.05) is 11.6 Å². The number of nitrogens with zero attached hydrogens (tertiary/aromatic N) is 3. The van der Waals surface area contributed by atoms with Crippen molar-refractivity contribution in [3.05, 3.63) is 30.1 Å². The van der Waals surface area contributed by atoms with Crippen LogP contribution in [0.15, 0.2) is 29.5 Å². The fraction of sp³-hybridized carbons (Fsp3) is 0.389. The van der Waals surface area contributed by atoms with Gasteiger partial charge in [0.15, 0.2) is 11.7 Å². The lowest BCUT2D eigenvalue weighted by Crippen LogP contribution is -2.29. The SMILES string of the molecule is CCOC(=O)C(C=Nc1ncnc2ccc(CC)cc12)C(=O)OCC. The first-order valence-corrected chi connectivity index (χ1v) is 8.21. The van der Waals surface area contributed by atoms with Crippen molar-refractivity contribution in [1.82, 2.24) is 9.97 Å². The molecule has 0 aliphatic heterocycles. The monoisotopic (exact) mass is 343 g/mol. The molecule has 0 aliphatic rings. The molecule has 1 aromatic heterocycles. The van der Waals surface area contributed by atoms with Crippen molar-refractivity contribution in [3.63, 3.8) is 0 Å². The van der Waals surface area contributed by atoms with Crippen molar-refractivity contribution < 1.29 is 19.1 Å². The Morgan fingerprint density at radius 2 is 1.80 bits per heavy atom. The summed E-state index contributed by atoms with van der Waals surface area (Å²) in [7, 11) is 0. The van der Waals surface area contributed by atoms with Crippen LogP contribution in [0.1, 0.15) is 26.3 Å². The highest BCUT2D eigenvalue weighted by Gasteiger charge is 2.27. The van der Waals surface area contributed by atoms with Gasteiger partial charge in [-0.15, -0.1) is 0 Å².